The number of nitrogens with one attached hydrogen (secondary N) is 1. The third kappa shape index (κ3) is 3.72. The molecule has 134 valence electrons. The Morgan fingerprint density at radius 3 is 2.67 bits per heavy atom. The molecule has 5 nitrogen and oxygen atoms in total. The van der Waals surface area contributed by atoms with E-state index in [1.54, 1.807) is 18.2 Å². The van der Waals surface area contributed by atoms with E-state index in [0.29, 0.717) is 22.1 Å². The highest BCUT2D eigenvalue weighted by atomic mass is 79.9. The molecule has 7 heteroatoms. The minimum atomic E-state index is -0.263. The summed E-state index contributed by atoms with van der Waals surface area (Å²) in [5, 5.41) is 3.26. The SMILES string of the molecule is Cc1ccn2cc(-c3ccc(NC(=O)c4cc(Br)ccc4Cl)cc3)nc2n1. The third-order valence-electron chi connectivity index (χ3n) is 4.08. The lowest BCUT2D eigenvalue weighted by Crippen LogP contribution is -2.12. The van der Waals surface area contributed by atoms with Crippen molar-refractivity contribution in [1.29, 1.82) is 0 Å². The Labute approximate surface area is 169 Å². The number of anilines is 1. The van der Waals surface area contributed by atoms with E-state index in [1.807, 2.05) is 54.0 Å². The van der Waals surface area contributed by atoms with Crippen molar-refractivity contribution < 1.29 is 4.79 Å². The summed E-state index contributed by atoms with van der Waals surface area (Å²) in [5.41, 5.74) is 3.77. The van der Waals surface area contributed by atoms with Gasteiger partial charge in [-0.05, 0) is 43.3 Å². The van der Waals surface area contributed by atoms with Crippen molar-refractivity contribution in [1.82, 2.24) is 14.4 Å². The van der Waals surface area contributed by atoms with E-state index >= 15 is 0 Å². The summed E-state index contributed by atoms with van der Waals surface area (Å²) in [4.78, 5) is 21.4. The molecule has 0 bridgehead atoms. The number of fused-ring (bicyclic) bond motifs is 1. The van der Waals surface area contributed by atoms with Gasteiger partial charge in [-0.25, -0.2) is 9.97 Å². The first-order chi connectivity index (χ1) is 13.0. The van der Waals surface area contributed by atoms with Crippen LogP contribution in [-0.4, -0.2) is 20.3 Å². The summed E-state index contributed by atoms with van der Waals surface area (Å²) in [6.07, 6.45) is 3.86. The Balaban J connectivity index is 1.56. The van der Waals surface area contributed by atoms with Gasteiger partial charge in [-0.3, -0.25) is 9.20 Å². The van der Waals surface area contributed by atoms with Gasteiger partial charge in [0.15, 0.2) is 0 Å². The largest absolute Gasteiger partial charge is 0.322 e. The zero-order chi connectivity index (χ0) is 19.0. The fraction of sp³-hybridized carbons (Fsp3) is 0.0500. The Hall–Kier alpha value is -2.70. The van der Waals surface area contributed by atoms with Gasteiger partial charge in [-0.1, -0.05) is 39.7 Å². The highest BCUT2D eigenvalue weighted by Crippen LogP contribution is 2.24. The normalized spacial score (nSPS) is 10.9. The molecule has 0 fully saturated rings. The molecule has 0 aliphatic carbocycles. The molecule has 2 heterocycles. The minimum absolute atomic E-state index is 0.263. The van der Waals surface area contributed by atoms with E-state index < -0.39 is 0 Å². The molecule has 27 heavy (non-hydrogen) atoms. The monoisotopic (exact) mass is 440 g/mol. The quantitative estimate of drug-likeness (QED) is 0.465. The van der Waals surface area contributed by atoms with Crippen molar-refractivity contribution in [2.75, 3.05) is 5.32 Å². The number of benzene rings is 2. The molecule has 0 aliphatic heterocycles. The average Bonchev–Trinajstić information content (AvgIpc) is 3.07. The van der Waals surface area contributed by atoms with Gasteiger partial charge in [0.25, 0.3) is 5.91 Å². The fourth-order valence-electron chi connectivity index (χ4n) is 2.69. The third-order valence-corrected chi connectivity index (χ3v) is 4.90. The van der Waals surface area contributed by atoms with Crippen LogP contribution < -0.4 is 5.32 Å². The first-order valence-electron chi connectivity index (χ1n) is 8.19. The predicted octanol–water partition coefficient (Wildman–Crippen LogP) is 5.37. The second-order valence-corrected chi connectivity index (χ2v) is 7.38. The molecule has 0 radical (unpaired) electrons. The highest BCUT2D eigenvalue weighted by molar-refractivity contribution is 9.10. The van der Waals surface area contributed by atoms with Gasteiger partial charge in [0.2, 0.25) is 5.78 Å². The van der Waals surface area contributed by atoms with Crippen molar-refractivity contribution in [3.8, 4) is 11.3 Å². The van der Waals surface area contributed by atoms with E-state index in [1.165, 1.54) is 0 Å². The lowest BCUT2D eigenvalue weighted by atomic mass is 10.1. The summed E-state index contributed by atoms with van der Waals surface area (Å²) < 4.78 is 2.68. The molecule has 0 atom stereocenters. The number of aromatic nitrogens is 3. The number of carbonyl (C=O) groups is 1. The maximum Gasteiger partial charge on any atom is 0.257 e. The zero-order valence-corrected chi connectivity index (χ0v) is 16.6. The summed E-state index contributed by atoms with van der Waals surface area (Å²) >= 11 is 9.47. The van der Waals surface area contributed by atoms with E-state index in [9.17, 15) is 4.79 Å². The maximum atomic E-state index is 12.5. The summed E-state index contributed by atoms with van der Waals surface area (Å²) in [6.45, 7) is 1.93. The van der Waals surface area contributed by atoms with Crippen LogP contribution in [0, 0.1) is 6.92 Å². The van der Waals surface area contributed by atoms with Crippen LogP contribution in [0.15, 0.2) is 65.4 Å². The number of aryl methyl sites for hydroxylation is 1. The van der Waals surface area contributed by atoms with Gasteiger partial charge in [0.05, 0.1) is 16.3 Å². The van der Waals surface area contributed by atoms with Crippen molar-refractivity contribution in [2.45, 2.75) is 6.92 Å². The Morgan fingerprint density at radius 2 is 1.89 bits per heavy atom. The molecule has 0 aliphatic rings. The van der Waals surface area contributed by atoms with Gasteiger partial charge >= 0.3 is 0 Å². The molecular formula is C20H14BrClN4O. The van der Waals surface area contributed by atoms with Gasteiger partial charge < -0.3 is 5.32 Å². The topological polar surface area (TPSA) is 59.3 Å². The van der Waals surface area contributed by atoms with Crippen LogP contribution in [0.2, 0.25) is 5.02 Å². The van der Waals surface area contributed by atoms with E-state index in [-0.39, 0.29) is 5.91 Å². The van der Waals surface area contributed by atoms with Crippen LogP contribution in [0.4, 0.5) is 5.69 Å². The number of amides is 1. The second kappa shape index (κ2) is 7.13. The Morgan fingerprint density at radius 1 is 1.11 bits per heavy atom. The number of nitrogens with zero attached hydrogens (tertiary/aromatic N) is 3. The number of hydrogen-bond acceptors (Lipinski definition) is 3. The van der Waals surface area contributed by atoms with Crippen LogP contribution in [0.3, 0.4) is 0 Å². The molecule has 0 unspecified atom stereocenters. The van der Waals surface area contributed by atoms with Crippen LogP contribution in [0.25, 0.3) is 17.0 Å². The lowest BCUT2D eigenvalue weighted by Gasteiger charge is -2.08. The second-order valence-electron chi connectivity index (χ2n) is 6.06. The number of carbonyl (C=O) groups excluding carboxylic acids is 1. The fourth-order valence-corrected chi connectivity index (χ4v) is 3.26. The Bertz CT molecular complexity index is 1150. The number of halogens is 2. The summed E-state index contributed by atoms with van der Waals surface area (Å²) in [7, 11) is 0. The molecular weight excluding hydrogens is 428 g/mol. The number of rotatable bonds is 3. The minimum Gasteiger partial charge on any atom is -0.322 e. The molecule has 0 saturated carbocycles. The van der Waals surface area contributed by atoms with Crippen LogP contribution in [0.5, 0.6) is 0 Å². The lowest BCUT2D eigenvalue weighted by molar-refractivity contribution is 0.102. The molecule has 2 aromatic heterocycles. The van der Waals surface area contributed by atoms with Crippen LogP contribution >= 0.6 is 27.5 Å². The van der Waals surface area contributed by atoms with Crippen LogP contribution in [-0.2, 0) is 0 Å². The van der Waals surface area contributed by atoms with E-state index in [4.69, 9.17) is 11.6 Å². The molecule has 0 saturated heterocycles. The molecule has 2 aromatic carbocycles. The standard InChI is InChI=1S/C20H14BrClN4O/c1-12-8-9-26-11-18(25-20(26)23-12)13-2-5-15(6-3-13)24-19(27)16-10-14(21)4-7-17(16)22/h2-11H,1H3,(H,24,27). The van der Waals surface area contributed by atoms with Gasteiger partial charge in [0, 0.05) is 33.8 Å². The summed E-state index contributed by atoms with van der Waals surface area (Å²) in [6, 6.07) is 14.6. The average molecular weight is 442 g/mol. The predicted molar refractivity (Wildman–Crippen MR) is 110 cm³/mol. The van der Waals surface area contributed by atoms with Gasteiger partial charge in [0.1, 0.15) is 0 Å². The number of imidazole rings is 1. The van der Waals surface area contributed by atoms with Crippen molar-refractivity contribution in [2.24, 2.45) is 0 Å². The van der Waals surface area contributed by atoms with Gasteiger partial charge in [-0.2, -0.15) is 0 Å². The molecule has 1 N–H and O–H groups in total. The first kappa shape index (κ1) is 17.7. The molecule has 0 spiro atoms. The van der Waals surface area contributed by atoms with Gasteiger partial charge in [-0.15, -0.1) is 0 Å². The smallest absolute Gasteiger partial charge is 0.257 e. The first-order valence-corrected chi connectivity index (χ1v) is 9.36. The van der Waals surface area contributed by atoms with Crippen molar-refractivity contribution in [3.63, 3.8) is 0 Å². The highest BCUT2D eigenvalue weighted by Gasteiger charge is 2.12. The Kier molecular flexibility index (Phi) is 4.68. The van der Waals surface area contributed by atoms with Crippen LogP contribution in [0.1, 0.15) is 16.1 Å². The van der Waals surface area contributed by atoms with E-state index in [0.717, 1.165) is 21.4 Å². The molecule has 4 aromatic rings. The maximum absolute atomic E-state index is 12.5. The molecule has 4 rings (SSSR count). The molecule has 1 amide bonds. The zero-order valence-electron chi connectivity index (χ0n) is 14.3. The van der Waals surface area contributed by atoms with Crippen molar-refractivity contribution in [3.05, 3.63) is 81.7 Å². The van der Waals surface area contributed by atoms with E-state index in [2.05, 4.69) is 31.2 Å². The summed E-state index contributed by atoms with van der Waals surface area (Å²) in [5.74, 6) is 0.396. The van der Waals surface area contributed by atoms with Crippen molar-refractivity contribution >= 4 is 44.9 Å². The number of hydrogen-bond donors (Lipinski definition) is 1.